The minimum Gasteiger partial charge on any atom is -0.464 e. The molecule has 17 heavy (non-hydrogen) atoms. The number of furan rings is 1. The molecule has 0 amide bonds. The number of hydrogen-bond donors (Lipinski definition) is 1. The van der Waals surface area contributed by atoms with Gasteiger partial charge < -0.3 is 9.73 Å². The van der Waals surface area contributed by atoms with Gasteiger partial charge in [-0.3, -0.25) is 0 Å². The van der Waals surface area contributed by atoms with Crippen LogP contribution in [0.1, 0.15) is 29.5 Å². The Hall–Kier alpha value is -1.28. The Morgan fingerprint density at radius 2 is 1.94 bits per heavy atom. The molecule has 2 aromatic rings. The highest BCUT2D eigenvalue weighted by molar-refractivity contribution is 5.83. The molecule has 0 atom stereocenters. The second kappa shape index (κ2) is 4.53. The summed E-state index contributed by atoms with van der Waals surface area (Å²) in [5.74, 6) is 0. The van der Waals surface area contributed by atoms with Crippen LogP contribution >= 0.6 is 0 Å². The van der Waals surface area contributed by atoms with Crippen LogP contribution in [0, 0.1) is 0 Å². The predicted octanol–water partition coefficient (Wildman–Crippen LogP) is 3.07. The van der Waals surface area contributed by atoms with E-state index < -0.39 is 0 Å². The van der Waals surface area contributed by atoms with Crippen molar-refractivity contribution in [3.8, 4) is 0 Å². The Labute approximate surface area is 102 Å². The summed E-state index contributed by atoms with van der Waals surface area (Å²) >= 11 is 0. The summed E-state index contributed by atoms with van der Waals surface area (Å²) in [5, 5.41) is 4.51. The monoisotopic (exact) mass is 229 g/mol. The fourth-order valence-corrected chi connectivity index (χ4v) is 2.76. The van der Waals surface area contributed by atoms with Gasteiger partial charge in [0.1, 0.15) is 5.58 Å². The molecule has 1 N–H and O–H groups in total. The van der Waals surface area contributed by atoms with Gasteiger partial charge >= 0.3 is 0 Å². The van der Waals surface area contributed by atoms with E-state index in [4.69, 9.17) is 4.42 Å². The van der Waals surface area contributed by atoms with Crippen molar-refractivity contribution in [1.29, 1.82) is 0 Å². The van der Waals surface area contributed by atoms with E-state index in [1.54, 1.807) is 0 Å². The first-order valence-corrected chi connectivity index (χ1v) is 6.55. The summed E-state index contributed by atoms with van der Waals surface area (Å²) in [6.45, 7) is 1.01. The predicted molar refractivity (Wildman–Crippen MR) is 70.5 cm³/mol. The van der Waals surface area contributed by atoms with E-state index in [1.165, 1.54) is 47.8 Å². The molecule has 1 aliphatic carbocycles. The van der Waals surface area contributed by atoms with Crippen molar-refractivity contribution in [3.05, 3.63) is 35.1 Å². The molecule has 1 heterocycles. The zero-order chi connectivity index (χ0) is 11.7. The molecule has 0 spiro atoms. The van der Waals surface area contributed by atoms with Gasteiger partial charge in [-0.2, -0.15) is 0 Å². The van der Waals surface area contributed by atoms with Crippen molar-refractivity contribution >= 4 is 11.0 Å². The molecule has 0 unspecified atom stereocenters. The lowest BCUT2D eigenvalue weighted by Gasteiger charge is -2.15. The number of rotatable bonds is 3. The Balaban J connectivity index is 2.03. The fraction of sp³-hybridized carbons (Fsp3) is 0.467. The molecular formula is C15H19NO. The Morgan fingerprint density at radius 3 is 2.71 bits per heavy atom. The maximum absolute atomic E-state index is 5.68. The molecule has 0 saturated heterocycles. The topological polar surface area (TPSA) is 25.2 Å². The van der Waals surface area contributed by atoms with E-state index in [0.29, 0.717) is 0 Å². The third-order valence-corrected chi connectivity index (χ3v) is 3.76. The number of aryl methyl sites for hydroxylation is 2. The van der Waals surface area contributed by atoms with Crippen LogP contribution < -0.4 is 5.32 Å². The summed E-state index contributed by atoms with van der Waals surface area (Å²) in [6, 6.07) is 4.62. The summed E-state index contributed by atoms with van der Waals surface area (Å²) in [5.41, 5.74) is 5.44. The summed E-state index contributed by atoms with van der Waals surface area (Å²) in [6.07, 6.45) is 8.09. The van der Waals surface area contributed by atoms with Crippen LogP contribution in [0.2, 0.25) is 0 Å². The van der Waals surface area contributed by atoms with Crippen molar-refractivity contribution in [2.24, 2.45) is 0 Å². The highest BCUT2D eigenvalue weighted by Crippen LogP contribution is 2.29. The third kappa shape index (κ3) is 1.98. The molecule has 3 rings (SSSR count). The van der Waals surface area contributed by atoms with Crippen molar-refractivity contribution in [2.45, 2.75) is 32.1 Å². The molecule has 0 bridgehead atoms. The lowest BCUT2D eigenvalue weighted by molar-refractivity contribution is 0.606. The molecule has 2 nitrogen and oxygen atoms in total. The van der Waals surface area contributed by atoms with Gasteiger partial charge in [0.25, 0.3) is 0 Å². The van der Waals surface area contributed by atoms with E-state index in [-0.39, 0.29) is 0 Å². The first-order chi connectivity index (χ1) is 8.38. The Kier molecular flexibility index (Phi) is 2.89. The summed E-state index contributed by atoms with van der Waals surface area (Å²) < 4.78 is 5.68. The van der Waals surface area contributed by atoms with Gasteiger partial charge in [0.15, 0.2) is 0 Å². The van der Waals surface area contributed by atoms with E-state index >= 15 is 0 Å². The van der Waals surface area contributed by atoms with Crippen LogP contribution in [-0.4, -0.2) is 13.6 Å². The molecule has 0 fully saturated rings. The van der Waals surface area contributed by atoms with E-state index in [2.05, 4.69) is 17.4 Å². The number of nitrogens with one attached hydrogen (secondary N) is 1. The van der Waals surface area contributed by atoms with Gasteiger partial charge in [-0.05, 0) is 74.5 Å². The first-order valence-electron chi connectivity index (χ1n) is 6.55. The van der Waals surface area contributed by atoms with Gasteiger partial charge in [0, 0.05) is 5.39 Å². The standard InChI is InChI=1S/C15H19NO/c1-16-7-6-13-10-17-15-9-12-5-3-2-4-11(12)8-14(13)15/h8-10,16H,2-7H2,1H3. The third-order valence-electron chi connectivity index (χ3n) is 3.76. The van der Waals surface area contributed by atoms with Gasteiger partial charge in [-0.15, -0.1) is 0 Å². The van der Waals surface area contributed by atoms with Crippen LogP contribution in [0.3, 0.4) is 0 Å². The smallest absolute Gasteiger partial charge is 0.134 e. The molecule has 1 aromatic carbocycles. The normalized spacial score (nSPS) is 15.1. The number of fused-ring (bicyclic) bond motifs is 2. The van der Waals surface area contributed by atoms with E-state index in [0.717, 1.165) is 18.5 Å². The van der Waals surface area contributed by atoms with Gasteiger partial charge in [-0.1, -0.05) is 0 Å². The zero-order valence-corrected chi connectivity index (χ0v) is 10.4. The Bertz CT molecular complexity index is 527. The minimum atomic E-state index is 1.01. The minimum absolute atomic E-state index is 1.01. The molecule has 0 radical (unpaired) electrons. The van der Waals surface area contributed by atoms with Gasteiger partial charge in [0.05, 0.1) is 6.26 Å². The molecule has 2 heteroatoms. The van der Waals surface area contributed by atoms with Crippen molar-refractivity contribution < 1.29 is 4.42 Å². The van der Waals surface area contributed by atoms with Crippen molar-refractivity contribution in [3.63, 3.8) is 0 Å². The molecular weight excluding hydrogens is 210 g/mol. The summed E-state index contributed by atoms with van der Waals surface area (Å²) in [7, 11) is 1.99. The first kappa shape index (κ1) is 10.8. The zero-order valence-electron chi connectivity index (χ0n) is 10.4. The molecule has 1 aliphatic rings. The van der Waals surface area contributed by atoms with Gasteiger partial charge in [-0.25, -0.2) is 0 Å². The molecule has 0 saturated carbocycles. The molecule has 1 aromatic heterocycles. The van der Waals surface area contributed by atoms with Crippen LogP contribution in [-0.2, 0) is 19.3 Å². The van der Waals surface area contributed by atoms with E-state index in [1.807, 2.05) is 13.3 Å². The van der Waals surface area contributed by atoms with Crippen LogP contribution in [0.15, 0.2) is 22.8 Å². The van der Waals surface area contributed by atoms with E-state index in [9.17, 15) is 0 Å². The van der Waals surface area contributed by atoms with Crippen molar-refractivity contribution in [2.75, 3.05) is 13.6 Å². The number of benzene rings is 1. The highest BCUT2D eigenvalue weighted by Gasteiger charge is 2.13. The maximum Gasteiger partial charge on any atom is 0.134 e. The summed E-state index contributed by atoms with van der Waals surface area (Å²) in [4.78, 5) is 0. The Morgan fingerprint density at radius 1 is 1.18 bits per heavy atom. The van der Waals surface area contributed by atoms with Crippen molar-refractivity contribution in [1.82, 2.24) is 5.32 Å². The second-order valence-corrected chi connectivity index (χ2v) is 4.94. The average Bonchev–Trinajstić information content (AvgIpc) is 2.76. The second-order valence-electron chi connectivity index (χ2n) is 4.94. The van der Waals surface area contributed by atoms with Gasteiger partial charge in [0.2, 0.25) is 0 Å². The lowest BCUT2D eigenvalue weighted by atomic mass is 9.90. The van der Waals surface area contributed by atoms with Crippen LogP contribution in [0.25, 0.3) is 11.0 Å². The SMILES string of the molecule is CNCCc1coc2cc3c(cc12)CCCC3. The highest BCUT2D eigenvalue weighted by atomic mass is 16.3. The van der Waals surface area contributed by atoms with Crippen LogP contribution in [0.4, 0.5) is 0 Å². The lowest BCUT2D eigenvalue weighted by Crippen LogP contribution is -2.10. The number of likely N-dealkylation sites (N-methyl/N-ethyl adjacent to an activating group) is 1. The molecule has 90 valence electrons. The van der Waals surface area contributed by atoms with Crippen LogP contribution in [0.5, 0.6) is 0 Å². The molecule has 0 aliphatic heterocycles. The largest absolute Gasteiger partial charge is 0.464 e. The quantitative estimate of drug-likeness (QED) is 0.875. The fourth-order valence-electron chi connectivity index (χ4n) is 2.76. The number of hydrogen-bond acceptors (Lipinski definition) is 2. The average molecular weight is 229 g/mol. The maximum atomic E-state index is 5.68.